The van der Waals surface area contributed by atoms with E-state index in [4.69, 9.17) is 14.7 Å². The van der Waals surface area contributed by atoms with Gasteiger partial charge in [-0.2, -0.15) is 4.31 Å². The number of hydrogen-bond acceptors (Lipinski definition) is 4. The van der Waals surface area contributed by atoms with Crippen molar-refractivity contribution >= 4 is 15.6 Å². The fourth-order valence-electron chi connectivity index (χ4n) is 0.928. The van der Waals surface area contributed by atoms with E-state index >= 15 is 0 Å². The van der Waals surface area contributed by atoms with Gasteiger partial charge >= 0.3 is 15.6 Å². The highest BCUT2D eigenvalue weighted by molar-refractivity contribution is 7.60. The number of rotatable bonds is 7. The van der Waals surface area contributed by atoms with E-state index in [-0.39, 0.29) is 6.61 Å². The van der Waals surface area contributed by atoms with E-state index in [9.17, 15) is 9.13 Å². The zero-order chi connectivity index (χ0) is 12.8. The summed E-state index contributed by atoms with van der Waals surface area (Å²) in [5.41, 5.74) is 0.957. The van der Waals surface area contributed by atoms with Crippen molar-refractivity contribution in [2.24, 2.45) is 0 Å². The van der Waals surface area contributed by atoms with Gasteiger partial charge in [-0.05, 0) is 13.3 Å². The maximum absolute atomic E-state index is 11.0. The highest BCUT2D eigenvalue weighted by atomic mass is 31.3. The van der Waals surface area contributed by atoms with Crippen molar-refractivity contribution in [2.75, 3.05) is 6.61 Å². The van der Waals surface area contributed by atoms with Gasteiger partial charge in [-0.1, -0.05) is 25.0 Å². The standard InChI is InChI=1S/C7H16O7P2/c1-3-4-7(2)5-6-13-16(11,12)14-15(8,9)10/h5H,3-4,6H2,1-2H3,(H,11,12)(H2,8,9,10)/b7-5-. The van der Waals surface area contributed by atoms with Crippen LogP contribution in [0.1, 0.15) is 26.7 Å². The summed E-state index contributed by atoms with van der Waals surface area (Å²) in [7, 11) is -9.72. The van der Waals surface area contributed by atoms with Crippen molar-refractivity contribution < 1.29 is 32.6 Å². The molecule has 0 aliphatic carbocycles. The third-order valence-corrected chi connectivity index (χ3v) is 3.68. The van der Waals surface area contributed by atoms with Crippen LogP contribution in [0, 0.1) is 0 Å². The molecule has 96 valence electrons. The molecule has 0 aliphatic rings. The van der Waals surface area contributed by atoms with Gasteiger partial charge in [-0.25, -0.2) is 9.13 Å². The highest BCUT2D eigenvalue weighted by Crippen LogP contribution is 2.57. The fraction of sp³-hybridized carbons (Fsp3) is 0.714. The summed E-state index contributed by atoms with van der Waals surface area (Å²) in [5.74, 6) is 0. The monoisotopic (exact) mass is 274 g/mol. The molecule has 1 unspecified atom stereocenters. The normalized spacial score (nSPS) is 17.2. The maximum Gasteiger partial charge on any atom is 0.481 e. The van der Waals surface area contributed by atoms with Crippen LogP contribution in [0.5, 0.6) is 0 Å². The van der Waals surface area contributed by atoms with Crippen molar-refractivity contribution in [3.63, 3.8) is 0 Å². The Morgan fingerprint density at radius 2 is 1.88 bits per heavy atom. The van der Waals surface area contributed by atoms with Gasteiger partial charge in [0.1, 0.15) is 0 Å². The third kappa shape index (κ3) is 9.24. The first-order valence-corrected chi connectivity index (χ1v) is 7.58. The van der Waals surface area contributed by atoms with Crippen LogP contribution in [0.3, 0.4) is 0 Å². The van der Waals surface area contributed by atoms with Crippen LogP contribution < -0.4 is 0 Å². The highest BCUT2D eigenvalue weighted by Gasteiger charge is 2.31. The molecule has 0 aromatic rings. The smallest absolute Gasteiger partial charge is 0.302 e. The molecule has 0 spiro atoms. The Labute approximate surface area is 93.9 Å². The Balaban J connectivity index is 4.15. The molecule has 0 fully saturated rings. The molecule has 9 heteroatoms. The molecule has 0 rings (SSSR count). The van der Waals surface area contributed by atoms with Crippen LogP contribution in [0.2, 0.25) is 0 Å². The van der Waals surface area contributed by atoms with Crippen molar-refractivity contribution in [3.8, 4) is 0 Å². The molecule has 16 heavy (non-hydrogen) atoms. The topological polar surface area (TPSA) is 113 Å². The minimum Gasteiger partial charge on any atom is -0.302 e. The summed E-state index contributed by atoms with van der Waals surface area (Å²) in [6.07, 6.45) is 3.30. The van der Waals surface area contributed by atoms with Gasteiger partial charge in [0.25, 0.3) is 0 Å². The summed E-state index contributed by atoms with van der Waals surface area (Å²) in [5, 5.41) is 0. The molecule has 0 aromatic heterocycles. The predicted molar refractivity (Wildman–Crippen MR) is 57.6 cm³/mol. The van der Waals surface area contributed by atoms with Gasteiger partial charge in [-0.3, -0.25) is 4.52 Å². The number of phosphoric ester groups is 1. The first kappa shape index (κ1) is 16.0. The molecule has 0 radical (unpaired) electrons. The van der Waals surface area contributed by atoms with Crippen LogP contribution in [-0.4, -0.2) is 21.3 Å². The molecular weight excluding hydrogens is 258 g/mol. The first-order valence-electron chi connectivity index (χ1n) is 4.56. The lowest BCUT2D eigenvalue weighted by molar-refractivity contribution is 0.191. The van der Waals surface area contributed by atoms with Gasteiger partial charge in [0.2, 0.25) is 0 Å². The summed E-state index contributed by atoms with van der Waals surface area (Å²) >= 11 is 0. The van der Waals surface area contributed by atoms with Crippen LogP contribution in [0.4, 0.5) is 0 Å². The van der Waals surface area contributed by atoms with E-state index in [0.717, 1.165) is 18.4 Å². The first-order chi connectivity index (χ1) is 7.16. The number of hydrogen-bond donors (Lipinski definition) is 3. The lowest BCUT2D eigenvalue weighted by Gasteiger charge is -2.11. The molecule has 3 N–H and O–H groups in total. The van der Waals surface area contributed by atoms with Crippen molar-refractivity contribution in [1.82, 2.24) is 0 Å². The second kappa shape index (κ2) is 6.67. The van der Waals surface area contributed by atoms with E-state index in [0.29, 0.717) is 0 Å². The largest absolute Gasteiger partial charge is 0.481 e. The van der Waals surface area contributed by atoms with Gasteiger partial charge in [0.05, 0.1) is 6.61 Å². The summed E-state index contributed by atoms with van der Waals surface area (Å²) < 4.78 is 29.2. The van der Waals surface area contributed by atoms with Gasteiger partial charge in [0, 0.05) is 0 Å². The minimum atomic E-state index is -5.02. The molecule has 0 aromatic carbocycles. The van der Waals surface area contributed by atoms with Crippen molar-refractivity contribution in [3.05, 3.63) is 11.6 Å². The molecule has 0 saturated carbocycles. The van der Waals surface area contributed by atoms with Crippen molar-refractivity contribution in [1.29, 1.82) is 0 Å². The average Bonchev–Trinajstić information content (AvgIpc) is 1.98. The maximum atomic E-state index is 11.0. The fourth-order valence-corrected chi connectivity index (χ4v) is 2.45. The predicted octanol–water partition coefficient (Wildman–Crippen LogP) is 1.96. The SMILES string of the molecule is CCC/C(C)=C\COP(=O)(O)OP(=O)(O)O. The van der Waals surface area contributed by atoms with E-state index in [1.54, 1.807) is 6.08 Å². The lowest BCUT2D eigenvalue weighted by atomic mass is 10.2. The molecule has 0 amide bonds. The molecule has 0 bridgehead atoms. The summed E-state index contributed by atoms with van der Waals surface area (Å²) in [6.45, 7) is 3.56. The lowest BCUT2D eigenvalue weighted by Crippen LogP contribution is -1.94. The Bertz CT molecular complexity index is 332. The summed E-state index contributed by atoms with van der Waals surface area (Å²) in [6, 6.07) is 0. The number of allylic oxidation sites excluding steroid dienone is 1. The van der Waals surface area contributed by atoms with Crippen LogP contribution >= 0.6 is 15.6 Å². The van der Waals surface area contributed by atoms with Gasteiger partial charge in [-0.15, -0.1) is 0 Å². The molecule has 0 saturated heterocycles. The van der Waals surface area contributed by atoms with E-state index < -0.39 is 15.6 Å². The quantitative estimate of drug-likeness (QED) is 0.480. The Morgan fingerprint density at radius 1 is 1.31 bits per heavy atom. The zero-order valence-electron chi connectivity index (χ0n) is 9.07. The van der Waals surface area contributed by atoms with Gasteiger partial charge in [0.15, 0.2) is 0 Å². The Morgan fingerprint density at radius 3 is 2.31 bits per heavy atom. The van der Waals surface area contributed by atoms with Crippen LogP contribution in [0.15, 0.2) is 11.6 Å². The minimum absolute atomic E-state index is 0.236. The number of phosphoric acid groups is 2. The van der Waals surface area contributed by atoms with Crippen LogP contribution in [0.25, 0.3) is 0 Å². The van der Waals surface area contributed by atoms with E-state index in [2.05, 4.69) is 8.83 Å². The average molecular weight is 274 g/mol. The van der Waals surface area contributed by atoms with Gasteiger partial charge < -0.3 is 14.7 Å². The third-order valence-electron chi connectivity index (χ3n) is 1.52. The molecule has 0 heterocycles. The summed E-state index contributed by atoms with van der Waals surface area (Å²) in [4.78, 5) is 25.5. The van der Waals surface area contributed by atoms with Crippen molar-refractivity contribution in [2.45, 2.75) is 26.7 Å². The zero-order valence-corrected chi connectivity index (χ0v) is 10.9. The van der Waals surface area contributed by atoms with E-state index in [1.807, 2.05) is 13.8 Å². The molecule has 0 aliphatic heterocycles. The van der Waals surface area contributed by atoms with E-state index in [1.165, 1.54) is 0 Å². The Hall–Kier alpha value is -0.0000000000000000416. The second-order valence-corrected chi connectivity index (χ2v) is 5.97. The molecular formula is C7H16O7P2. The second-order valence-electron chi connectivity index (χ2n) is 3.14. The molecule has 1 atom stereocenters. The molecule has 7 nitrogen and oxygen atoms in total. The Kier molecular flexibility index (Phi) is 6.67. The van der Waals surface area contributed by atoms with Crippen LogP contribution in [-0.2, 0) is 18.0 Å².